The third kappa shape index (κ3) is 4.77. The van der Waals surface area contributed by atoms with Gasteiger partial charge in [-0.3, -0.25) is 9.69 Å². The van der Waals surface area contributed by atoms with Gasteiger partial charge in [-0.15, -0.1) is 6.58 Å². The lowest BCUT2D eigenvalue weighted by Crippen LogP contribution is -2.38. The Kier molecular flexibility index (Phi) is 5.49. The van der Waals surface area contributed by atoms with Gasteiger partial charge in [0.1, 0.15) is 0 Å². The Labute approximate surface area is 97.3 Å². The van der Waals surface area contributed by atoms with Crippen LogP contribution in [0.25, 0.3) is 0 Å². The van der Waals surface area contributed by atoms with E-state index >= 15 is 0 Å². The second kappa shape index (κ2) is 6.66. The fraction of sp³-hybridized carbons (Fsp3) is 0.750. The molecule has 0 aromatic rings. The minimum atomic E-state index is -0.714. The van der Waals surface area contributed by atoms with Gasteiger partial charge in [0.25, 0.3) is 0 Å². The first kappa shape index (κ1) is 13.2. The van der Waals surface area contributed by atoms with Crippen molar-refractivity contribution in [3.05, 3.63) is 12.7 Å². The Morgan fingerprint density at radius 2 is 2.38 bits per heavy atom. The molecular weight excluding hydrogens is 204 g/mol. The number of hydrogen-bond acceptors (Lipinski definition) is 3. The summed E-state index contributed by atoms with van der Waals surface area (Å²) in [4.78, 5) is 12.9. The zero-order valence-electron chi connectivity index (χ0n) is 9.98. The van der Waals surface area contributed by atoms with Gasteiger partial charge in [0.15, 0.2) is 0 Å². The van der Waals surface area contributed by atoms with Crippen LogP contribution in [0, 0.1) is 5.92 Å². The number of hydrogen-bond donors (Lipinski definition) is 2. The Morgan fingerprint density at radius 3 is 3.00 bits per heavy atom. The molecule has 1 rings (SSSR count). The van der Waals surface area contributed by atoms with E-state index in [0.29, 0.717) is 18.4 Å². The van der Waals surface area contributed by atoms with Gasteiger partial charge in [0, 0.05) is 32.1 Å². The molecule has 2 atom stereocenters. The van der Waals surface area contributed by atoms with Crippen molar-refractivity contribution in [3.8, 4) is 0 Å². The summed E-state index contributed by atoms with van der Waals surface area (Å²) in [7, 11) is 0. The lowest BCUT2D eigenvalue weighted by atomic mass is 10.1. The van der Waals surface area contributed by atoms with Crippen molar-refractivity contribution < 1.29 is 9.90 Å². The molecule has 0 saturated carbocycles. The van der Waals surface area contributed by atoms with Crippen molar-refractivity contribution in [2.45, 2.75) is 25.8 Å². The third-order valence-corrected chi connectivity index (χ3v) is 2.90. The van der Waals surface area contributed by atoms with Crippen LogP contribution in [-0.4, -0.2) is 48.2 Å². The summed E-state index contributed by atoms with van der Waals surface area (Å²) >= 11 is 0. The molecule has 92 valence electrons. The molecule has 1 saturated heterocycles. The molecule has 2 N–H and O–H groups in total. The first-order valence-electron chi connectivity index (χ1n) is 5.90. The van der Waals surface area contributed by atoms with Crippen LogP contribution >= 0.6 is 0 Å². The SMILES string of the molecule is C=CCN1CC(C)CNC(CCC(=O)O)C1. The minimum absolute atomic E-state index is 0.244. The quantitative estimate of drug-likeness (QED) is 0.685. The summed E-state index contributed by atoms with van der Waals surface area (Å²) in [6, 6.07) is 0.293. The summed E-state index contributed by atoms with van der Waals surface area (Å²) in [5.74, 6) is -0.107. The normalized spacial score (nSPS) is 27.3. The molecule has 1 aliphatic heterocycles. The van der Waals surface area contributed by atoms with Gasteiger partial charge in [0.05, 0.1) is 0 Å². The van der Waals surface area contributed by atoms with E-state index < -0.39 is 5.97 Å². The van der Waals surface area contributed by atoms with Crippen molar-refractivity contribution in [1.82, 2.24) is 10.2 Å². The van der Waals surface area contributed by atoms with Crippen molar-refractivity contribution in [2.75, 3.05) is 26.2 Å². The molecule has 0 spiro atoms. The largest absolute Gasteiger partial charge is 0.481 e. The van der Waals surface area contributed by atoms with E-state index in [9.17, 15) is 4.79 Å². The highest BCUT2D eigenvalue weighted by Crippen LogP contribution is 2.09. The molecular formula is C12H22N2O2. The Balaban J connectivity index is 2.44. The molecule has 4 heteroatoms. The van der Waals surface area contributed by atoms with Crippen LogP contribution in [0.5, 0.6) is 0 Å². The molecule has 1 fully saturated rings. The number of nitrogens with one attached hydrogen (secondary N) is 1. The lowest BCUT2D eigenvalue weighted by Gasteiger charge is -2.23. The molecule has 0 aliphatic carbocycles. The van der Waals surface area contributed by atoms with Crippen LogP contribution < -0.4 is 5.32 Å². The summed E-state index contributed by atoms with van der Waals surface area (Å²) in [5, 5.41) is 12.1. The summed E-state index contributed by atoms with van der Waals surface area (Å²) in [6.07, 6.45) is 2.86. The molecule has 1 aliphatic rings. The topological polar surface area (TPSA) is 52.6 Å². The van der Waals surface area contributed by atoms with Gasteiger partial charge in [-0.2, -0.15) is 0 Å². The van der Waals surface area contributed by atoms with Crippen molar-refractivity contribution >= 4 is 5.97 Å². The molecule has 0 amide bonds. The predicted octanol–water partition coefficient (Wildman–Crippen LogP) is 0.947. The molecule has 4 nitrogen and oxygen atoms in total. The fourth-order valence-electron chi connectivity index (χ4n) is 2.15. The lowest BCUT2D eigenvalue weighted by molar-refractivity contribution is -0.137. The molecule has 2 unspecified atom stereocenters. The van der Waals surface area contributed by atoms with Crippen LogP contribution in [0.15, 0.2) is 12.7 Å². The standard InChI is InChI=1S/C12H22N2O2/c1-3-6-14-8-10(2)7-13-11(9-14)4-5-12(15)16/h3,10-11,13H,1,4-9H2,2H3,(H,15,16). The van der Waals surface area contributed by atoms with Crippen molar-refractivity contribution in [3.63, 3.8) is 0 Å². The van der Waals surface area contributed by atoms with Crippen LogP contribution in [-0.2, 0) is 4.79 Å². The number of rotatable bonds is 5. The molecule has 16 heavy (non-hydrogen) atoms. The zero-order chi connectivity index (χ0) is 12.0. The zero-order valence-corrected chi connectivity index (χ0v) is 9.98. The van der Waals surface area contributed by atoms with Crippen LogP contribution in [0.2, 0.25) is 0 Å². The Hall–Kier alpha value is -0.870. The first-order chi connectivity index (χ1) is 7.61. The molecule has 0 aromatic heterocycles. The monoisotopic (exact) mass is 226 g/mol. The van der Waals surface area contributed by atoms with E-state index in [4.69, 9.17) is 5.11 Å². The maximum Gasteiger partial charge on any atom is 0.303 e. The molecule has 1 heterocycles. The van der Waals surface area contributed by atoms with Crippen LogP contribution in [0.4, 0.5) is 0 Å². The van der Waals surface area contributed by atoms with E-state index in [1.54, 1.807) is 0 Å². The highest BCUT2D eigenvalue weighted by atomic mass is 16.4. The maximum absolute atomic E-state index is 10.5. The van der Waals surface area contributed by atoms with E-state index in [-0.39, 0.29) is 6.42 Å². The summed E-state index contributed by atoms with van der Waals surface area (Å²) in [6.45, 7) is 9.80. The number of carbonyl (C=O) groups is 1. The van der Waals surface area contributed by atoms with Gasteiger partial charge in [-0.25, -0.2) is 0 Å². The maximum atomic E-state index is 10.5. The van der Waals surface area contributed by atoms with E-state index in [0.717, 1.165) is 26.2 Å². The van der Waals surface area contributed by atoms with Gasteiger partial charge in [-0.1, -0.05) is 13.0 Å². The number of carboxylic acid groups (broad SMARTS) is 1. The van der Waals surface area contributed by atoms with Gasteiger partial charge >= 0.3 is 5.97 Å². The predicted molar refractivity (Wildman–Crippen MR) is 64.5 cm³/mol. The van der Waals surface area contributed by atoms with E-state index in [1.807, 2.05) is 6.08 Å². The number of nitrogens with zero attached hydrogens (tertiary/aromatic N) is 1. The molecule has 0 bridgehead atoms. The van der Waals surface area contributed by atoms with Crippen molar-refractivity contribution in [2.24, 2.45) is 5.92 Å². The summed E-state index contributed by atoms with van der Waals surface area (Å²) < 4.78 is 0. The van der Waals surface area contributed by atoms with Crippen LogP contribution in [0.3, 0.4) is 0 Å². The number of carboxylic acids is 1. The fourth-order valence-corrected chi connectivity index (χ4v) is 2.15. The average Bonchev–Trinajstić information content (AvgIpc) is 2.38. The smallest absolute Gasteiger partial charge is 0.303 e. The first-order valence-corrected chi connectivity index (χ1v) is 5.90. The Bertz CT molecular complexity index is 243. The van der Waals surface area contributed by atoms with Gasteiger partial charge < -0.3 is 10.4 Å². The molecule has 0 radical (unpaired) electrons. The second-order valence-corrected chi connectivity index (χ2v) is 4.65. The van der Waals surface area contributed by atoms with Crippen LogP contribution in [0.1, 0.15) is 19.8 Å². The Morgan fingerprint density at radius 1 is 1.62 bits per heavy atom. The highest BCUT2D eigenvalue weighted by Gasteiger charge is 2.20. The minimum Gasteiger partial charge on any atom is -0.481 e. The van der Waals surface area contributed by atoms with E-state index in [2.05, 4.69) is 23.7 Å². The summed E-state index contributed by atoms with van der Waals surface area (Å²) in [5.41, 5.74) is 0. The van der Waals surface area contributed by atoms with Crippen molar-refractivity contribution in [1.29, 1.82) is 0 Å². The van der Waals surface area contributed by atoms with Gasteiger partial charge in [0.2, 0.25) is 0 Å². The van der Waals surface area contributed by atoms with E-state index in [1.165, 1.54) is 0 Å². The third-order valence-electron chi connectivity index (χ3n) is 2.90. The molecule has 0 aromatic carbocycles. The highest BCUT2D eigenvalue weighted by molar-refractivity contribution is 5.66. The average molecular weight is 226 g/mol. The van der Waals surface area contributed by atoms with Gasteiger partial charge in [-0.05, 0) is 18.9 Å². The second-order valence-electron chi connectivity index (χ2n) is 4.65. The number of aliphatic carboxylic acids is 1.